The molecule has 0 bridgehead atoms. The van der Waals surface area contributed by atoms with E-state index in [0.29, 0.717) is 11.7 Å². The summed E-state index contributed by atoms with van der Waals surface area (Å²) in [6, 6.07) is 46.0. The van der Waals surface area contributed by atoms with E-state index in [1.165, 1.54) is 16.5 Å². The molecule has 0 saturated carbocycles. The highest BCUT2D eigenvalue weighted by Gasteiger charge is 2.14. The van der Waals surface area contributed by atoms with Crippen LogP contribution in [0.2, 0.25) is 0 Å². The number of pyridine rings is 1. The third kappa shape index (κ3) is 5.04. The van der Waals surface area contributed by atoms with E-state index in [2.05, 4.69) is 89.9 Å². The van der Waals surface area contributed by atoms with E-state index >= 15 is 0 Å². The first-order valence-corrected chi connectivity index (χ1v) is 13.8. The van der Waals surface area contributed by atoms with Crippen LogP contribution in [0.25, 0.3) is 38.3 Å². The first kappa shape index (κ1) is 24.7. The summed E-state index contributed by atoms with van der Waals surface area (Å²) in [6.07, 6.45) is 1.60. The van der Waals surface area contributed by atoms with E-state index in [4.69, 9.17) is 15.3 Å². The first-order valence-electron chi connectivity index (χ1n) is 13.8. The highest BCUT2D eigenvalue weighted by atomic mass is 15.2. The molecule has 4 nitrogen and oxygen atoms in total. The maximum Gasteiger partial charge on any atom is 0.0822 e. The lowest BCUT2D eigenvalue weighted by Gasteiger charge is -2.32. The van der Waals surface area contributed by atoms with Gasteiger partial charge in [0.1, 0.15) is 0 Å². The van der Waals surface area contributed by atoms with Gasteiger partial charge in [0.05, 0.1) is 12.0 Å². The van der Waals surface area contributed by atoms with Gasteiger partial charge < -0.3 is 10.3 Å². The molecule has 0 radical (unpaired) electrons. The lowest BCUT2D eigenvalue weighted by Crippen LogP contribution is -2.15. The molecular formula is C37H27N4-. The van der Waals surface area contributed by atoms with Crippen molar-refractivity contribution in [1.29, 1.82) is 0 Å². The summed E-state index contributed by atoms with van der Waals surface area (Å²) < 4.78 is 0. The molecule has 41 heavy (non-hydrogen) atoms. The average molecular weight is 528 g/mol. The highest BCUT2D eigenvalue weighted by molar-refractivity contribution is 6.19. The fourth-order valence-corrected chi connectivity index (χ4v) is 5.26. The van der Waals surface area contributed by atoms with Crippen LogP contribution in [-0.4, -0.2) is 16.7 Å². The van der Waals surface area contributed by atoms with Crippen molar-refractivity contribution in [3.8, 4) is 22.3 Å². The Labute approximate surface area is 239 Å². The van der Waals surface area contributed by atoms with Crippen molar-refractivity contribution in [3.05, 3.63) is 167 Å². The third-order valence-electron chi connectivity index (χ3n) is 7.38. The monoisotopic (exact) mass is 527 g/mol. The Kier molecular flexibility index (Phi) is 6.42. The summed E-state index contributed by atoms with van der Waals surface area (Å²) >= 11 is 0. The van der Waals surface area contributed by atoms with E-state index in [1.807, 2.05) is 61.7 Å². The molecule has 0 aliphatic carbocycles. The third-order valence-corrected chi connectivity index (χ3v) is 7.38. The SMILES string of the molecule is Cc1cc2c(-c3ccc(-c4cccc(C5=NC(c6ccccc6)=NC(c6ccccc6)[N-]5)c4)cc3)cccc2cn1. The number of nitrogens with zero attached hydrogens (tertiary/aromatic N) is 4. The van der Waals surface area contributed by atoms with Crippen molar-refractivity contribution < 1.29 is 0 Å². The zero-order chi connectivity index (χ0) is 27.6. The molecule has 6 aromatic rings. The van der Waals surface area contributed by atoms with Crippen molar-refractivity contribution in [1.82, 2.24) is 4.98 Å². The maximum atomic E-state index is 4.98. The molecular weight excluding hydrogens is 500 g/mol. The van der Waals surface area contributed by atoms with Gasteiger partial charge in [-0.05, 0) is 63.4 Å². The summed E-state index contributed by atoms with van der Waals surface area (Å²) in [5, 5.41) is 7.35. The first-order chi connectivity index (χ1) is 20.2. The van der Waals surface area contributed by atoms with E-state index in [1.54, 1.807) is 0 Å². The number of amidine groups is 2. The van der Waals surface area contributed by atoms with Crippen LogP contribution < -0.4 is 0 Å². The summed E-state index contributed by atoms with van der Waals surface area (Å²) in [7, 11) is 0. The molecule has 2 heterocycles. The molecule has 0 N–H and O–H groups in total. The molecule has 0 amide bonds. The maximum absolute atomic E-state index is 4.98. The highest BCUT2D eigenvalue weighted by Crippen LogP contribution is 2.33. The van der Waals surface area contributed by atoms with Gasteiger partial charge in [0, 0.05) is 17.3 Å². The van der Waals surface area contributed by atoms with Gasteiger partial charge in [-0.2, -0.15) is 0 Å². The number of hydrogen-bond acceptors (Lipinski definition) is 3. The second-order valence-electron chi connectivity index (χ2n) is 10.2. The van der Waals surface area contributed by atoms with Crippen LogP contribution in [0.1, 0.15) is 28.6 Å². The molecule has 0 fully saturated rings. The molecule has 1 aromatic heterocycles. The van der Waals surface area contributed by atoms with Crippen LogP contribution in [0, 0.1) is 6.92 Å². The molecule has 4 heteroatoms. The average Bonchev–Trinajstić information content (AvgIpc) is 3.05. The molecule has 5 aromatic carbocycles. The smallest absolute Gasteiger partial charge is 0.0822 e. The van der Waals surface area contributed by atoms with Gasteiger partial charge in [0.2, 0.25) is 0 Å². The van der Waals surface area contributed by atoms with Crippen LogP contribution in [-0.2, 0) is 0 Å². The largest absolute Gasteiger partial charge is 0.438 e. The van der Waals surface area contributed by atoms with Crippen LogP contribution in [0.3, 0.4) is 0 Å². The van der Waals surface area contributed by atoms with E-state index in [-0.39, 0.29) is 6.17 Å². The molecule has 1 unspecified atom stereocenters. The van der Waals surface area contributed by atoms with Gasteiger partial charge in [-0.25, -0.2) is 0 Å². The number of aromatic nitrogens is 1. The molecule has 1 aliphatic heterocycles. The normalized spacial score (nSPS) is 14.7. The molecule has 0 spiro atoms. The Morgan fingerprint density at radius 3 is 2.07 bits per heavy atom. The number of rotatable bonds is 5. The quantitative estimate of drug-likeness (QED) is 0.220. The Bertz CT molecular complexity index is 1910. The van der Waals surface area contributed by atoms with Crippen LogP contribution in [0.4, 0.5) is 0 Å². The van der Waals surface area contributed by atoms with Gasteiger partial charge in [0.25, 0.3) is 0 Å². The van der Waals surface area contributed by atoms with Gasteiger partial charge in [-0.1, -0.05) is 127 Å². The molecule has 0 saturated heterocycles. The Morgan fingerprint density at radius 1 is 0.585 bits per heavy atom. The van der Waals surface area contributed by atoms with E-state index < -0.39 is 0 Å². The number of benzene rings is 5. The van der Waals surface area contributed by atoms with Crippen molar-refractivity contribution >= 4 is 22.4 Å². The topological polar surface area (TPSA) is 51.7 Å². The summed E-state index contributed by atoms with van der Waals surface area (Å²) in [5.41, 5.74) is 8.65. The van der Waals surface area contributed by atoms with Crippen molar-refractivity contribution in [2.45, 2.75) is 13.1 Å². The van der Waals surface area contributed by atoms with Crippen molar-refractivity contribution in [2.75, 3.05) is 0 Å². The van der Waals surface area contributed by atoms with Crippen LogP contribution in [0.5, 0.6) is 0 Å². The second kappa shape index (κ2) is 10.7. The standard InChI is InChI=1S/C37H27N4/c1-25-22-34-32(24-38-25)16-9-17-33(34)27-20-18-26(19-21-27)30-14-8-15-31(23-30)37-40-35(28-10-4-2-5-11-28)39-36(41-37)29-12-6-3-7-13-29/h2-24,35H,1H3/q-1. The van der Waals surface area contributed by atoms with Gasteiger partial charge >= 0.3 is 0 Å². The van der Waals surface area contributed by atoms with E-state index in [9.17, 15) is 0 Å². The number of hydrogen-bond donors (Lipinski definition) is 0. The Hall–Kier alpha value is -5.35. The number of fused-ring (bicyclic) bond motifs is 1. The fourth-order valence-electron chi connectivity index (χ4n) is 5.26. The van der Waals surface area contributed by atoms with E-state index in [0.717, 1.165) is 38.9 Å². The zero-order valence-corrected chi connectivity index (χ0v) is 22.6. The Balaban J connectivity index is 1.23. The summed E-state index contributed by atoms with van der Waals surface area (Å²) in [5.74, 6) is 1.38. The van der Waals surface area contributed by atoms with Gasteiger partial charge in [0.15, 0.2) is 0 Å². The molecule has 196 valence electrons. The van der Waals surface area contributed by atoms with Crippen molar-refractivity contribution in [2.24, 2.45) is 9.98 Å². The molecule has 1 aliphatic rings. The lowest BCUT2D eigenvalue weighted by molar-refractivity contribution is 0.878. The minimum Gasteiger partial charge on any atom is -0.438 e. The van der Waals surface area contributed by atoms with Crippen LogP contribution >= 0.6 is 0 Å². The predicted octanol–water partition coefficient (Wildman–Crippen LogP) is 9.16. The van der Waals surface area contributed by atoms with Crippen molar-refractivity contribution in [3.63, 3.8) is 0 Å². The van der Waals surface area contributed by atoms with Gasteiger partial charge in [-0.3, -0.25) is 9.98 Å². The summed E-state index contributed by atoms with van der Waals surface area (Å²) in [6.45, 7) is 2.03. The van der Waals surface area contributed by atoms with Gasteiger partial charge in [-0.15, -0.1) is 0 Å². The molecule has 1 atom stereocenters. The zero-order valence-electron chi connectivity index (χ0n) is 22.6. The summed E-state index contributed by atoms with van der Waals surface area (Å²) in [4.78, 5) is 14.3. The lowest BCUT2D eigenvalue weighted by atomic mass is 9.96. The minimum atomic E-state index is -0.346. The molecule has 7 rings (SSSR count). The number of aliphatic imine (C=N–C) groups is 2. The number of aryl methyl sites for hydroxylation is 1. The fraction of sp³-hybridized carbons (Fsp3) is 0.0541. The second-order valence-corrected chi connectivity index (χ2v) is 10.2. The predicted molar refractivity (Wildman–Crippen MR) is 169 cm³/mol. The van der Waals surface area contributed by atoms with Crippen LogP contribution in [0.15, 0.2) is 150 Å². The minimum absolute atomic E-state index is 0.346. The Morgan fingerprint density at radius 2 is 1.27 bits per heavy atom.